The Labute approximate surface area is 71.4 Å². The molecule has 0 spiro atoms. The van der Waals surface area contributed by atoms with Gasteiger partial charge in [-0.05, 0) is 6.08 Å². The molecule has 1 aliphatic heterocycles. The van der Waals surface area contributed by atoms with E-state index in [1.807, 2.05) is 6.08 Å². The molecule has 1 heterocycles. The third kappa shape index (κ3) is 1.96. The van der Waals surface area contributed by atoms with Gasteiger partial charge in [-0.3, -0.25) is 10.1 Å². The molecule has 0 saturated carbocycles. The molecule has 0 amide bonds. The molecule has 1 unspecified atom stereocenters. The zero-order valence-electron chi connectivity index (χ0n) is 7.32. The fourth-order valence-electron chi connectivity index (χ4n) is 1.24. The molecule has 1 aliphatic rings. The van der Waals surface area contributed by atoms with E-state index in [2.05, 4.69) is 0 Å². The maximum absolute atomic E-state index is 10.5. The Kier molecular flexibility index (Phi) is 2.35. The Hall–Kier alpha value is -1.06. The van der Waals surface area contributed by atoms with Crippen molar-refractivity contribution in [2.45, 2.75) is 25.8 Å². The number of ether oxygens (including phenoxy) is 1. The summed E-state index contributed by atoms with van der Waals surface area (Å²) in [7, 11) is 0. The zero-order valence-corrected chi connectivity index (χ0v) is 7.32. The minimum atomic E-state index is -0.845. The summed E-state index contributed by atoms with van der Waals surface area (Å²) in [4.78, 5) is 10.3. The average molecular weight is 171 g/mol. The van der Waals surface area contributed by atoms with Crippen LogP contribution in [0.4, 0.5) is 0 Å². The van der Waals surface area contributed by atoms with Gasteiger partial charge in [0, 0.05) is 31.1 Å². The normalized spacial score (nSPS) is 22.3. The highest BCUT2D eigenvalue weighted by atomic mass is 16.6. The molecule has 1 rings (SSSR count). The van der Waals surface area contributed by atoms with Crippen LogP contribution in [0.25, 0.3) is 0 Å². The van der Waals surface area contributed by atoms with E-state index in [0.29, 0.717) is 13.0 Å². The van der Waals surface area contributed by atoms with E-state index < -0.39 is 5.54 Å². The largest absolute Gasteiger partial charge is 0.501 e. The second-order valence-electron chi connectivity index (χ2n) is 3.70. The van der Waals surface area contributed by atoms with Crippen LogP contribution >= 0.6 is 0 Å². The van der Waals surface area contributed by atoms with Crippen LogP contribution in [0.2, 0.25) is 0 Å². The molecule has 12 heavy (non-hydrogen) atoms. The molecule has 4 nitrogen and oxygen atoms in total. The third-order valence-corrected chi connectivity index (χ3v) is 2.01. The number of hydrogen-bond donors (Lipinski definition) is 0. The Morgan fingerprint density at radius 3 is 2.83 bits per heavy atom. The van der Waals surface area contributed by atoms with Crippen LogP contribution in [0.5, 0.6) is 0 Å². The molecule has 1 atom stereocenters. The quantitative estimate of drug-likeness (QED) is 0.478. The topological polar surface area (TPSA) is 52.4 Å². The number of nitrogens with zero attached hydrogens (tertiary/aromatic N) is 1. The van der Waals surface area contributed by atoms with E-state index in [9.17, 15) is 10.1 Å². The van der Waals surface area contributed by atoms with Crippen LogP contribution in [-0.4, -0.2) is 17.1 Å². The SMILES string of the molecule is CC(C)(CC1C=COC1)[N+](=O)[O-]. The van der Waals surface area contributed by atoms with Crippen molar-refractivity contribution < 1.29 is 9.66 Å². The van der Waals surface area contributed by atoms with Crippen LogP contribution in [-0.2, 0) is 4.74 Å². The van der Waals surface area contributed by atoms with Gasteiger partial charge in [-0.1, -0.05) is 0 Å². The van der Waals surface area contributed by atoms with Gasteiger partial charge >= 0.3 is 0 Å². The Morgan fingerprint density at radius 1 is 1.75 bits per heavy atom. The average Bonchev–Trinajstić information content (AvgIpc) is 2.38. The Bertz CT molecular complexity index is 210. The van der Waals surface area contributed by atoms with E-state index in [4.69, 9.17) is 4.74 Å². The fraction of sp³-hybridized carbons (Fsp3) is 0.750. The Morgan fingerprint density at radius 2 is 2.42 bits per heavy atom. The summed E-state index contributed by atoms with van der Waals surface area (Å²) < 4.78 is 4.98. The second kappa shape index (κ2) is 3.13. The highest BCUT2D eigenvalue weighted by Gasteiger charge is 2.34. The lowest BCUT2D eigenvalue weighted by Crippen LogP contribution is -2.33. The summed E-state index contributed by atoms with van der Waals surface area (Å²) in [6, 6.07) is 0. The van der Waals surface area contributed by atoms with Crippen LogP contribution in [0.1, 0.15) is 20.3 Å². The molecule has 0 bridgehead atoms. The molecule has 0 saturated heterocycles. The summed E-state index contributed by atoms with van der Waals surface area (Å²) in [5, 5.41) is 10.5. The van der Waals surface area contributed by atoms with Crippen molar-refractivity contribution in [1.29, 1.82) is 0 Å². The lowest BCUT2D eigenvalue weighted by Gasteiger charge is -2.17. The predicted octanol–water partition coefficient (Wildman–Crippen LogP) is 1.59. The third-order valence-electron chi connectivity index (χ3n) is 2.01. The number of hydrogen-bond acceptors (Lipinski definition) is 3. The second-order valence-corrected chi connectivity index (χ2v) is 3.70. The van der Waals surface area contributed by atoms with Gasteiger partial charge in [0.15, 0.2) is 0 Å². The van der Waals surface area contributed by atoms with Crippen LogP contribution in [0.15, 0.2) is 12.3 Å². The maximum atomic E-state index is 10.5. The van der Waals surface area contributed by atoms with Gasteiger partial charge < -0.3 is 4.74 Å². The first-order valence-electron chi connectivity index (χ1n) is 3.95. The molecule has 68 valence electrons. The highest BCUT2D eigenvalue weighted by molar-refractivity contribution is 4.92. The first-order chi connectivity index (χ1) is 5.52. The summed E-state index contributed by atoms with van der Waals surface area (Å²) in [6.45, 7) is 3.86. The van der Waals surface area contributed by atoms with Crippen molar-refractivity contribution in [3.05, 3.63) is 22.5 Å². The fourth-order valence-corrected chi connectivity index (χ4v) is 1.24. The molecule has 0 N–H and O–H groups in total. The van der Waals surface area contributed by atoms with Crippen molar-refractivity contribution >= 4 is 0 Å². The summed E-state index contributed by atoms with van der Waals surface area (Å²) in [5.41, 5.74) is -0.845. The monoisotopic (exact) mass is 171 g/mol. The molecule has 0 aromatic carbocycles. The molecule has 0 aromatic heterocycles. The van der Waals surface area contributed by atoms with Gasteiger partial charge in [-0.2, -0.15) is 0 Å². The standard InChI is InChI=1S/C8H13NO3/c1-8(2,9(10)11)5-7-3-4-12-6-7/h3-4,7H,5-6H2,1-2H3. The zero-order chi connectivity index (χ0) is 9.19. The van der Waals surface area contributed by atoms with E-state index in [1.54, 1.807) is 20.1 Å². The van der Waals surface area contributed by atoms with Crippen LogP contribution in [0, 0.1) is 16.0 Å². The lowest BCUT2D eigenvalue weighted by atomic mass is 9.92. The molecule has 0 aromatic rings. The van der Waals surface area contributed by atoms with Crippen molar-refractivity contribution in [2.75, 3.05) is 6.61 Å². The minimum Gasteiger partial charge on any atom is -0.501 e. The van der Waals surface area contributed by atoms with E-state index >= 15 is 0 Å². The van der Waals surface area contributed by atoms with Crippen molar-refractivity contribution in [2.24, 2.45) is 5.92 Å². The van der Waals surface area contributed by atoms with Crippen molar-refractivity contribution in [1.82, 2.24) is 0 Å². The molecule has 0 fully saturated rings. The van der Waals surface area contributed by atoms with E-state index in [-0.39, 0.29) is 10.8 Å². The van der Waals surface area contributed by atoms with E-state index in [0.717, 1.165) is 0 Å². The molecular weight excluding hydrogens is 158 g/mol. The van der Waals surface area contributed by atoms with Gasteiger partial charge in [0.1, 0.15) is 0 Å². The molecule has 0 radical (unpaired) electrons. The van der Waals surface area contributed by atoms with E-state index in [1.165, 1.54) is 0 Å². The van der Waals surface area contributed by atoms with Crippen LogP contribution < -0.4 is 0 Å². The summed E-state index contributed by atoms with van der Waals surface area (Å²) in [6.07, 6.45) is 4.03. The van der Waals surface area contributed by atoms with Gasteiger partial charge in [0.25, 0.3) is 0 Å². The van der Waals surface area contributed by atoms with Gasteiger partial charge in [0.2, 0.25) is 5.54 Å². The Balaban J connectivity index is 2.48. The van der Waals surface area contributed by atoms with Crippen molar-refractivity contribution in [3.63, 3.8) is 0 Å². The highest BCUT2D eigenvalue weighted by Crippen LogP contribution is 2.23. The van der Waals surface area contributed by atoms with Gasteiger partial charge in [-0.15, -0.1) is 0 Å². The van der Waals surface area contributed by atoms with Crippen molar-refractivity contribution in [3.8, 4) is 0 Å². The lowest BCUT2D eigenvalue weighted by molar-refractivity contribution is -0.562. The first kappa shape index (κ1) is 9.03. The molecular formula is C8H13NO3. The summed E-state index contributed by atoms with van der Waals surface area (Å²) in [5.74, 6) is 0.199. The van der Waals surface area contributed by atoms with Gasteiger partial charge in [0.05, 0.1) is 12.9 Å². The minimum absolute atomic E-state index is 0.199. The summed E-state index contributed by atoms with van der Waals surface area (Å²) >= 11 is 0. The first-order valence-corrected chi connectivity index (χ1v) is 3.95. The predicted molar refractivity (Wildman–Crippen MR) is 44.3 cm³/mol. The number of rotatable bonds is 3. The van der Waals surface area contributed by atoms with Crippen LogP contribution in [0.3, 0.4) is 0 Å². The molecule has 4 heteroatoms. The number of nitro groups is 1. The smallest absolute Gasteiger partial charge is 0.217 e. The maximum Gasteiger partial charge on any atom is 0.217 e. The van der Waals surface area contributed by atoms with Gasteiger partial charge in [-0.25, -0.2) is 0 Å². The molecule has 0 aliphatic carbocycles.